The first-order valence-electron chi connectivity index (χ1n) is 6.43. The average Bonchev–Trinajstić information content (AvgIpc) is 2.09. The Balaban J connectivity index is 3.65. The number of hydrogen-bond donors (Lipinski definition) is 3. The molecule has 0 fully saturated rings. The monoisotopic (exact) mass is 246 g/mol. The van der Waals surface area contributed by atoms with Crippen LogP contribution < -0.4 is 5.32 Å². The molecule has 0 aromatic rings. The normalized spacial score (nSPS) is 16.2. The highest BCUT2D eigenvalue weighted by Crippen LogP contribution is 2.13. The van der Waals surface area contributed by atoms with Crippen molar-refractivity contribution in [3.8, 4) is 0 Å². The summed E-state index contributed by atoms with van der Waals surface area (Å²) in [6.07, 6.45) is 2.92. The molecule has 104 valence electrons. The molecule has 0 amide bonds. The minimum atomic E-state index is -0.721. The Hall–Kier alpha value is -0.160. The Labute approximate surface area is 106 Å². The van der Waals surface area contributed by atoms with Crippen molar-refractivity contribution in [1.29, 1.82) is 0 Å². The van der Waals surface area contributed by atoms with Crippen molar-refractivity contribution >= 4 is 0 Å². The van der Waals surface area contributed by atoms with Crippen LogP contribution in [0.15, 0.2) is 0 Å². The molecular weight excluding hydrogens is 216 g/mol. The van der Waals surface area contributed by atoms with Gasteiger partial charge in [-0.2, -0.15) is 0 Å². The molecule has 0 rings (SSSR count). The number of nitrogens with one attached hydrogen (secondary N) is 1. The first-order valence-corrected chi connectivity index (χ1v) is 6.43. The van der Waals surface area contributed by atoms with Crippen molar-refractivity contribution in [2.45, 2.75) is 51.2 Å². The second kappa shape index (κ2) is 7.31. The van der Waals surface area contributed by atoms with Crippen LogP contribution in [0.5, 0.6) is 0 Å². The molecule has 0 aliphatic rings. The summed E-state index contributed by atoms with van der Waals surface area (Å²) in [6.45, 7) is 7.45. The Bertz CT molecular complexity index is 198. The van der Waals surface area contributed by atoms with E-state index in [1.807, 2.05) is 6.92 Å². The molecule has 0 heterocycles. The Kier molecular flexibility index (Phi) is 7.24. The lowest BCUT2D eigenvalue weighted by Crippen LogP contribution is -2.43. The van der Waals surface area contributed by atoms with E-state index in [-0.39, 0.29) is 0 Å². The van der Waals surface area contributed by atoms with Gasteiger partial charge in [-0.05, 0) is 60.7 Å². The van der Waals surface area contributed by atoms with Gasteiger partial charge in [-0.1, -0.05) is 0 Å². The van der Waals surface area contributed by atoms with E-state index in [4.69, 9.17) is 0 Å². The van der Waals surface area contributed by atoms with E-state index in [1.54, 1.807) is 13.8 Å². The van der Waals surface area contributed by atoms with Crippen LogP contribution in [0, 0.1) is 0 Å². The molecule has 0 saturated heterocycles. The smallest absolute Gasteiger partial charge is 0.0743 e. The van der Waals surface area contributed by atoms with E-state index in [1.165, 1.54) is 0 Å². The third-order valence-electron chi connectivity index (χ3n) is 2.63. The molecule has 0 aliphatic heterocycles. The Morgan fingerprint density at radius 1 is 1.00 bits per heavy atom. The van der Waals surface area contributed by atoms with E-state index in [9.17, 15) is 10.2 Å². The van der Waals surface area contributed by atoms with Crippen LogP contribution in [0.1, 0.15) is 40.0 Å². The predicted molar refractivity (Wildman–Crippen MR) is 72.2 cm³/mol. The first-order chi connectivity index (χ1) is 7.62. The van der Waals surface area contributed by atoms with Crippen molar-refractivity contribution in [3.63, 3.8) is 0 Å². The molecule has 0 aromatic heterocycles. The van der Waals surface area contributed by atoms with Crippen molar-refractivity contribution in [1.82, 2.24) is 10.2 Å². The third-order valence-corrected chi connectivity index (χ3v) is 2.63. The summed E-state index contributed by atoms with van der Waals surface area (Å²) in [4.78, 5) is 2.15. The van der Waals surface area contributed by atoms with Gasteiger partial charge in [0.2, 0.25) is 0 Å². The molecule has 0 saturated carbocycles. The zero-order valence-corrected chi connectivity index (χ0v) is 12.1. The summed E-state index contributed by atoms with van der Waals surface area (Å²) in [5.74, 6) is 0. The standard InChI is InChI=1S/C13H30N2O2/c1-12(2,16)10-14-11-13(3,17)8-6-7-9-15(4)5/h14,16-17H,6-11H2,1-5H3. The fraction of sp³-hybridized carbons (Fsp3) is 1.00. The highest BCUT2D eigenvalue weighted by atomic mass is 16.3. The fourth-order valence-electron chi connectivity index (χ4n) is 1.66. The number of hydrogen-bond acceptors (Lipinski definition) is 4. The van der Waals surface area contributed by atoms with Crippen LogP contribution in [-0.2, 0) is 0 Å². The van der Waals surface area contributed by atoms with Gasteiger partial charge >= 0.3 is 0 Å². The lowest BCUT2D eigenvalue weighted by atomic mass is 9.98. The van der Waals surface area contributed by atoms with Crippen LogP contribution in [0.25, 0.3) is 0 Å². The van der Waals surface area contributed by atoms with Crippen LogP contribution in [0.3, 0.4) is 0 Å². The Morgan fingerprint density at radius 3 is 2.06 bits per heavy atom. The SMILES string of the molecule is CN(C)CCCCC(C)(O)CNCC(C)(C)O. The number of nitrogens with zero attached hydrogens (tertiary/aromatic N) is 1. The number of aliphatic hydroxyl groups is 2. The van der Waals surface area contributed by atoms with Gasteiger partial charge in [0.1, 0.15) is 0 Å². The second-order valence-corrected chi connectivity index (χ2v) is 6.17. The van der Waals surface area contributed by atoms with E-state index in [2.05, 4.69) is 24.3 Å². The van der Waals surface area contributed by atoms with Gasteiger partial charge in [0, 0.05) is 13.1 Å². The average molecular weight is 246 g/mol. The van der Waals surface area contributed by atoms with Gasteiger partial charge in [0.15, 0.2) is 0 Å². The van der Waals surface area contributed by atoms with Crippen LogP contribution in [0.2, 0.25) is 0 Å². The van der Waals surface area contributed by atoms with E-state index in [0.717, 1.165) is 25.8 Å². The summed E-state index contributed by atoms with van der Waals surface area (Å²) >= 11 is 0. The third kappa shape index (κ3) is 12.1. The van der Waals surface area contributed by atoms with Crippen LogP contribution >= 0.6 is 0 Å². The summed E-state index contributed by atoms with van der Waals surface area (Å²) in [6, 6.07) is 0. The molecule has 0 spiro atoms. The molecule has 0 bridgehead atoms. The summed E-state index contributed by atoms with van der Waals surface area (Å²) < 4.78 is 0. The molecule has 0 aliphatic carbocycles. The molecule has 1 unspecified atom stereocenters. The zero-order valence-electron chi connectivity index (χ0n) is 12.1. The van der Waals surface area contributed by atoms with Gasteiger partial charge in [-0.3, -0.25) is 0 Å². The quantitative estimate of drug-likeness (QED) is 0.528. The topological polar surface area (TPSA) is 55.7 Å². The molecule has 17 heavy (non-hydrogen) atoms. The molecule has 0 aromatic carbocycles. The fourth-order valence-corrected chi connectivity index (χ4v) is 1.66. The van der Waals surface area contributed by atoms with E-state index < -0.39 is 11.2 Å². The largest absolute Gasteiger partial charge is 0.389 e. The minimum absolute atomic E-state index is 0.501. The lowest BCUT2D eigenvalue weighted by molar-refractivity contribution is 0.0338. The number of rotatable bonds is 9. The maximum absolute atomic E-state index is 10.1. The van der Waals surface area contributed by atoms with Crippen molar-refractivity contribution in [3.05, 3.63) is 0 Å². The summed E-state index contributed by atoms with van der Waals surface area (Å²) in [5.41, 5.74) is -1.40. The minimum Gasteiger partial charge on any atom is -0.389 e. The summed E-state index contributed by atoms with van der Waals surface area (Å²) in [5, 5.41) is 22.8. The summed E-state index contributed by atoms with van der Waals surface area (Å²) in [7, 11) is 4.12. The maximum atomic E-state index is 10.1. The predicted octanol–water partition coefficient (Wildman–Crippen LogP) is 0.830. The lowest BCUT2D eigenvalue weighted by Gasteiger charge is -2.26. The van der Waals surface area contributed by atoms with Gasteiger partial charge in [-0.25, -0.2) is 0 Å². The van der Waals surface area contributed by atoms with Crippen LogP contribution in [-0.4, -0.2) is 60.0 Å². The molecular formula is C13H30N2O2. The van der Waals surface area contributed by atoms with Gasteiger partial charge in [0.05, 0.1) is 11.2 Å². The second-order valence-electron chi connectivity index (χ2n) is 6.17. The molecule has 0 radical (unpaired) electrons. The molecule has 1 atom stereocenters. The van der Waals surface area contributed by atoms with E-state index in [0.29, 0.717) is 13.1 Å². The zero-order chi connectivity index (χ0) is 13.5. The van der Waals surface area contributed by atoms with Gasteiger partial charge < -0.3 is 20.4 Å². The highest BCUT2D eigenvalue weighted by molar-refractivity contribution is 4.78. The first kappa shape index (κ1) is 16.8. The molecule has 3 N–H and O–H groups in total. The highest BCUT2D eigenvalue weighted by Gasteiger charge is 2.21. The van der Waals surface area contributed by atoms with Crippen molar-refractivity contribution in [2.75, 3.05) is 33.7 Å². The Morgan fingerprint density at radius 2 is 1.59 bits per heavy atom. The van der Waals surface area contributed by atoms with Gasteiger partial charge in [-0.15, -0.1) is 0 Å². The van der Waals surface area contributed by atoms with Crippen molar-refractivity contribution in [2.24, 2.45) is 0 Å². The van der Waals surface area contributed by atoms with Crippen molar-refractivity contribution < 1.29 is 10.2 Å². The maximum Gasteiger partial charge on any atom is 0.0743 e. The molecule has 4 heteroatoms. The number of unbranched alkanes of at least 4 members (excludes halogenated alkanes) is 1. The molecule has 4 nitrogen and oxygen atoms in total. The van der Waals surface area contributed by atoms with E-state index >= 15 is 0 Å². The van der Waals surface area contributed by atoms with Crippen LogP contribution in [0.4, 0.5) is 0 Å². The van der Waals surface area contributed by atoms with Gasteiger partial charge in [0.25, 0.3) is 0 Å².